The number of carbonyl (C=O) groups excluding carboxylic acids is 1. The van der Waals surface area contributed by atoms with E-state index in [-0.39, 0.29) is 11.1 Å². The molecule has 5 heteroatoms. The van der Waals surface area contributed by atoms with Crippen LogP contribution in [0.15, 0.2) is 65.6 Å². The number of nitriles is 1. The monoisotopic (exact) mass is 351 g/mol. The largest absolute Gasteiger partial charge is 0.288 e. The fraction of sp³-hybridized carbons (Fsp3) is 0. The Morgan fingerprint density at radius 1 is 1.00 bits per heavy atom. The summed E-state index contributed by atoms with van der Waals surface area (Å²) in [6.45, 7) is 0. The third-order valence-electron chi connectivity index (χ3n) is 3.56. The summed E-state index contributed by atoms with van der Waals surface area (Å²) in [4.78, 5) is 13.1. The minimum absolute atomic E-state index is 0.0634. The Morgan fingerprint density at radius 2 is 1.76 bits per heavy atom. The van der Waals surface area contributed by atoms with Crippen LogP contribution in [0.4, 0.5) is 8.78 Å². The number of Topliss-reactive ketones (excluding diaryl/α,β-unsaturated/α-hetero) is 1. The topological polar surface area (TPSA) is 40.9 Å². The predicted molar refractivity (Wildman–Crippen MR) is 94.0 cm³/mol. The number of thiophene rings is 1. The Labute approximate surface area is 147 Å². The Bertz CT molecular complexity index is 1000. The highest BCUT2D eigenvalue weighted by Crippen LogP contribution is 2.27. The van der Waals surface area contributed by atoms with Crippen LogP contribution in [-0.4, -0.2) is 5.78 Å². The summed E-state index contributed by atoms with van der Waals surface area (Å²) in [5.41, 5.74) is 1.82. The van der Waals surface area contributed by atoms with E-state index in [1.54, 1.807) is 0 Å². The molecule has 0 aliphatic heterocycles. The van der Waals surface area contributed by atoms with E-state index < -0.39 is 17.4 Å². The van der Waals surface area contributed by atoms with Crippen molar-refractivity contribution in [1.82, 2.24) is 0 Å². The van der Waals surface area contributed by atoms with Gasteiger partial charge in [-0.1, -0.05) is 30.3 Å². The second-order valence-corrected chi connectivity index (χ2v) is 6.17. The third-order valence-corrected chi connectivity index (χ3v) is 4.44. The molecule has 0 radical (unpaired) electrons. The van der Waals surface area contributed by atoms with E-state index in [0.29, 0.717) is 0 Å². The van der Waals surface area contributed by atoms with Gasteiger partial charge in [-0.05, 0) is 46.8 Å². The van der Waals surface area contributed by atoms with Crippen LogP contribution in [0.3, 0.4) is 0 Å². The van der Waals surface area contributed by atoms with Gasteiger partial charge in [-0.25, -0.2) is 8.78 Å². The molecule has 0 spiro atoms. The van der Waals surface area contributed by atoms with Gasteiger partial charge < -0.3 is 0 Å². The smallest absolute Gasteiger partial charge is 0.203 e. The number of hydrogen-bond acceptors (Lipinski definition) is 3. The molecule has 2 aromatic carbocycles. The number of nitrogens with zero attached hydrogens (tertiary/aromatic N) is 1. The first-order valence-electron chi connectivity index (χ1n) is 7.34. The van der Waals surface area contributed by atoms with Gasteiger partial charge in [0.25, 0.3) is 0 Å². The Balaban J connectivity index is 1.90. The normalized spacial score (nSPS) is 11.2. The van der Waals surface area contributed by atoms with E-state index in [4.69, 9.17) is 0 Å². The molecule has 2 nitrogen and oxygen atoms in total. The minimum atomic E-state index is -1.12. The molecule has 0 atom stereocenters. The number of carbonyl (C=O) groups is 1. The summed E-state index contributed by atoms with van der Waals surface area (Å²) in [6.07, 6.45) is 1.46. The van der Waals surface area contributed by atoms with Crippen LogP contribution in [0, 0.1) is 23.0 Å². The zero-order valence-electron chi connectivity index (χ0n) is 12.9. The van der Waals surface area contributed by atoms with E-state index >= 15 is 0 Å². The van der Waals surface area contributed by atoms with Crippen LogP contribution in [0.1, 0.15) is 15.2 Å². The standard InChI is InChI=1S/C20H11F2NOS/c21-18-7-6-14(10-19(18)22)20(24)15(11-23)8-17-9-16(12-25-17)13-4-2-1-3-5-13/h1-10,12H/b15-8-. The highest BCUT2D eigenvalue weighted by molar-refractivity contribution is 7.11. The van der Waals surface area contributed by atoms with Crippen molar-refractivity contribution in [2.75, 3.05) is 0 Å². The van der Waals surface area contributed by atoms with Crippen LogP contribution in [0.5, 0.6) is 0 Å². The van der Waals surface area contributed by atoms with Gasteiger partial charge in [0.15, 0.2) is 11.6 Å². The summed E-state index contributed by atoms with van der Waals surface area (Å²) in [5.74, 6) is -2.80. The molecule has 3 rings (SSSR count). The molecule has 0 bridgehead atoms. The minimum Gasteiger partial charge on any atom is -0.288 e. The molecule has 1 heterocycles. The summed E-state index contributed by atoms with van der Waals surface area (Å²) in [7, 11) is 0. The Morgan fingerprint density at radius 3 is 2.44 bits per heavy atom. The molecule has 25 heavy (non-hydrogen) atoms. The van der Waals surface area contributed by atoms with E-state index in [2.05, 4.69) is 0 Å². The van der Waals surface area contributed by atoms with E-state index in [1.807, 2.05) is 47.8 Å². The van der Waals surface area contributed by atoms with Crippen molar-refractivity contribution in [3.8, 4) is 17.2 Å². The van der Waals surface area contributed by atoms with Crippen molar-refractivity contribution < 1.29 is 13.6 Å². The zero-order chi connectivity index (χ0) is 17.8. The lowest BCUT2D eigenvalue weighted by molar-refractivity contribution is 0.103. The number of halogens is 2. The molecule has 0 unspecified atom stereocenters. The molecule has 3 aromatic rings. The third kappa shape index (κ3) is 3.70. The zero-order valence-corrected chi connectivity index (χ0v) is 13.7. The predicted octanol–water partition coefficient (Wildman–Crippen LogP) is 5.48. The van der Waals surface area contributed by atoms with Gasteiger partial charge >= 0.3 is 0 Å². The summed E-state index contributed by atoms with van der Waals surface area (Å²) < 4.78 is 26.3. The second kappa shape index (κ2) is 7.20. The van der Waals surface area contributed by atoms with Crippen LogP contribution < -0.4 is 0 Å². The maximum absolute atomic E-state index is 13.3. The van der Waals surface area contributed by atoms with Crippen molar-refractivity contribution in [1.29, 1.82) is 5.26 Å². The second-order valence-electron chi connectivity index (χ2n) is 5.23. The molecule has 0 aliphatic rings. The number of rotatable bonds is 4. The lowest BCUT2D eigenvalue weighted by Gasteiger charge is -2.00. The highest BCUT2D eigenvalue weighted by atomic mass is 32.1. The van der Waals surface area contributed by atoms with E-state index in [0.717, 1.165) is 34.2 Å². The first-order chi connectivity index (χ1) is 12.1. The Kier molecular flexibility index (Phi) is 4.82. The molecule has 122 valence electrons. The SMILES string of the molecule is N#C/C(=C/c1cc(-c2ccccc2)cs1)C(=O)c1ccc(F)c(F)c1. The van der Waals surface area contributed by atoms with Crippen molar-refractivity contribution in [3.63, 3.8) is 0 Å². The summed E-state index contributed by atoms with van der Waals surface area (Å²) >= 11 is 1.39. The van der Waals surface area contributed by atoms with Crippen molar-refractivity contribution in [2.24, 2.45) is 0 Å². The van der Waals surface area contributed by atoms with Gasteiger partial charge in [0.05, 0.1) is 0 Å². The number of benzene rings is 2. The van der Waals surface area contributed by atoms with Gasteiger partial charge in [0.2, 0.25) is 5.78 Å². The van der Waals surface area contributed by atoms with Gasteiger partial charge in [-0.3, -0.25) is 4.79 Å². The molecule has 0 amide bonds. The first kappa shape index (κ1) is 16.7. The van der Waals surface area contributed by atoms with Gasteiger partial charge in [0, 0.05) is 10.4 Å². The summed E-state index contributed by atoms with van der Waals surface area (Å²) in [5, 5.41) is 11.2. The molecular weight excluding hydrogens is 340 g/mol. The first-order valence-corrected chi connectivity index (χ1v) is 8.22. The average molecular weight is 351 g/mol. The molecule has 1 aromatic heterocycles. The van der Waals surface area contributed by atoms with Gasteiger partial charge in [-0.2, -0.15) is 5.26 Å². The molecule has 0 saturated heterocycles. The van der Waals surface area contributed by atoms with E-state index in [9.17, 15) is 18.8 Å². The van der Waals surface area contributed by atoms with E-state index in [1.165, 1.54) is 17.4 Å². The van der Waals surface area contributed by atoms with Crippen molar-refractivity contribution in [2.45, 2.75) is 0 Å². The number of allylic oxidation sites excluding steroid dienone is 1. The maximum atomic E-state index is 13.3. The fourth-order valence-electron chi connectivity index (χ4n) is 2.29. The van der Waals surface area contributed by atoms with Crippen LogP contribution in [-0.2, 0) is 0 Å². The summed E-state index contributed by atoms with van der Waals surface area (Å²) in [6, 6.07) is 16.2. The molecule has 0 fully saturated rings. The van der Waals surface area contributed by atoms with Gasteiger partial charge in [0.1, 0.15) is 11.6 Å². The van der Waals surface area contributed by atoms with Gasteiger partial charge in [-0.15, -0.1) is 11.3 Å². The average Bonchev–Trinajstić information content (AvgIpc) is 3.11. The molecule has 0 aliphatic carbocycles. The lowest BCUT2D eigenvalue weighted by atomic mass is 10.0. The van der Waals surface area contributed by atoms with Crippen molar-refractivity contribution in [3.05, 3.63) is 87.6 Å². The maximum Gasteiger partial charge on any atom is 0.203 e. The molecular formula is C20H11F2NOS. The number of ketones is 1. The fourth-order valence-corrected chi connectivity index (χ4v) is 3.14. The van der Waals surface area contributed by atoms with Crippen molar-refractivity contribution >= 4 is 23.2 Å². The Hall–Kier alpha value is -3.10. The molecule has 0 N–H and O–H groups in total. The molecule has 0 saturated carbocycles. The van der Waals surface area contributed by atoms with Crippen LogP contribution in [0.2, 0.25) is 0 Å². The van der Waals surface area contributed by atoms with Crippen LogP contribution in [0.25, 0.3) is 17.2 Å². The van der Waals surface area contributed by atoms with Crippen LogP contribution >= 0.6 is 11.3 Å². The lowest BCUT2D eigenvalue weighted by Crippen LogP contribution is -2.03. The quantitative estimate of drug-likeness (QED) is 0.355. The number of hydrogen-bond donors (Lipinski definition) is 0. The highest BCUT2D eigenvalue weighted by Gasteiger charge is 2.15.